The first kappa shape index (κ1) is 12.7. The van der Waals surface area contributed by atoms with Gasteiger partial charge in [-0.1, -0.05) is 0 Å². The van der Waals surface area contributed by atoms with E-state index < -0.39 is 11.6 Å². The smallest absolute Gasteiger partial charge is 0.338 e. The fourth-order valence-electron chi connectivity index (χ4n) is 0.735. The van der Waals surface area contributed by atoms with Crippen molar-refractivity contribution in [3.8, 4) is 0 Å². The quantitative estimate of drug-likeness (QED) is 0.473. The monoisotopic (exact) mass is 207 g/mol. The Bertz CT molecular complexity index is 161. The lowest BCUT2D eigenvalue weighted by atomic mass is 10.1. The Hall–Kier alpha value is -0.260. The molecule has 0 aliphatic rings. The standard InChI is InChI=1S/C8H17NO3S/c1-8(11,7(10)12-2)6-13-5-3-4-9/h11H,3-6,9H2,1-2H3. The molecule has 0 aromatic rings. The second kappa shape index (κ2) is 6.23. The predicted octanol–water partition coefficient (Wildman–Crippen LogP) is -0.00760. The van der Waals surface area contributed by atoms with Crippen molar-refractivity contribution in [2.24, 2.45) is 5.73 Å². The first-order chi connectivity index (χ1) is 6.04. The van der Waals surface area contributed by atoms with Gasteiger partial charge in [-0.05, 0) is 25.6 Å². The summed E-state index contributed by atoms with van der Waals surface area (Å²) in [5.74, 6) is 0.608. The first-order valence-electron chi connectivity index (χ1n) is 4.13. The minimum Gasteiger partial charge on any atom is -0.467 e. The Kier molecular flexibility index (Phi) is 6.11. The summed E-state index contributed by atoms with van der Waals surface area (Å²) in [6.07, 6.45) is 0.891. The van der Waals surface area contributed by atoms with Crippen molar-refractivity contribution >= 4 is 17.7 Å². The van der Waals surface area contributed by atoms with E-state index in [0.29, 0.717) is 12.3 Å². The Balaban J connectivity index is 3.69. The Labute approximate surface area is 82.8 Å². The fraction of sp³-hybridized carbons (Fsp3) is 0.875. The van der Waals surface area contributed by atoms with Crippen LogP contribution >= 0.6 is 11.8 Å². The molecular weight excluding hydrogens is 190 g/mol. The minimum atomic E-state index is -1.38. The molecule has 1 atom stereocenters. The van der Waals surface area contributed by atoms with Gasteiger partial charge in [-0.2, -0.15) is 11.8 Å². The van der Waals surface area contributed by atoms with E-state index >= 15 is 0 Å². The Morgan fingerprint density at radius 3 is 2.77 bits per heavy atom. The molecule has 0 rings (SSSR count). The summed E-state index contributed by atoms with van der Waals surface area (Å²) in [7, 11) is 1.27. The SMILES string of the molecule is COC(=O)C(C)(O)CSCCCN. The van der Waals surface area contributed by atoms with Gasteiger partial charge in [0.05, 0.1) is 7.11 Å². The molecule has 0 aromatic carbocycles. The van der Waals surface area contributed by atoms with Gasteiger partial charge < -0.3 is 15.6 Å². The van der Waals surface area contributed by atoms with Crippen LogP contribution in [0.3, 0.4) is 0 Å². The van der Waals surface area contributed by atoms with Crippen LogP contribution in [0.1, 0.15) is 13.3 Å². The minimum absolute atomic E-state index is 0.347. The third-order valence-electron chi connectivity index (χ3n) is 1.50. The maximum atomic E-state index is 11.0. The highest BCUT2D eigenvalue weighted by molar-refractivity contribution is 7.99. The van der Waals surface area contributed by atoms with Crippen LogP contribution in [0, 0.1) is 0 Å². The van der Waals surface area contributed by atoms with Crippen molar-refractivity contribution in [3.05, 3.63) is 0 Å². The number of nitrogens with two attached hydrogens (primary N) is 1. The van der Waals surface area contributed by atoms with Crippen molar-refractivity contribution in [2.45, 2.75) is 18.9 Å². The third kappa shape index (κ3) is 5.13. The average molecular weight is 207 g/mol. The number of ether oxygens (including phenoxy) is 1. The number of carbonyl (C=O) groups is 1. The molecule has 0 amide bonds. The number of hydrogen-bond acceptors (Lipinski definition) is 5. The van der Waals surface area contributed by atoms with E-state index in [0.717, 1.165) is 12.2 Å². The lowest BCUT2D eigenvalue weighted by Crippen LogP contribution is -2.38. The molecule has 78 valence electrons. The molecule has 1 unspecified atom stereocenters. The van der Waals surface area contributed by atoms with Crippen molar-refractivity contribution in [3.63, 3.8) is 0 Å². The normalized spacial score (nSPS) is 15.1. The van der Waals surface area contributed by atoms with E-state index in [2.05, 4.69) is 4.74 Å². The van der Waals surface area contributed by atoms with E-state index in [9.17, 15) is 9.90 Å². The van der Waals surface area contributed by atoms with Gasteiger partial charge in [-0.15, -0.1) is 0 Å². The molecule has 3 N–H and O–H groups in total. The topological polar surface area (TPSA) is 72.5 Å². The summed E-state index contributed by atoms with van der Waals surface area (Å²) >= 11 is 1.50. The largest absolute Gasteiger partial charge is 0.467 e. The molecule has 0 heterocycles. The molecule has 0 saturated heterocycles. The summed E-state index contributed by atoms with van der Waals surface area (Å²) < 4.78 is 4.45. The molecule has 0 bridgehead atoms. The highest BCUT2D eigenvalue weighted by Crippen LogP contribution is 2.14. The van der Waals surface area contributed by atoms with Crippen LogP contribution in [-0.4, -0.2) is 41.8 Å². The van der Waals surface area contributed by atoms with Gasteiger partial charge in [0.25, 0.3) is 0 Å². The number of thioether (sulfide) groups is 1. The molecule has 0 fully saturated rings. The molecule has 0 saturated carbocycles. The number of carbonyl (C=O) groups excluding carboxylic acids is 1. The van der Waals surface area contributed by atoms with Gasteiger partial charge in [0.2, 0.25) is 0 Å². The van der Waals surface area contributed by atoms with E-state index in [1.165, 1.54) is 25.8 Å². The number of esters is 1. The second-order valence-electron chi connectivity index (χ2n) is 2.96. The molecule has 0 aromatic heterocycles. The van der Waals surface area contributed by atoms with Crippen LogP contribution in [-0.2, 0) is 9.53 Å². The van der Waals surface area contributed by atoms with Crippen molar-refractivity contribution in [1.29, 1.82) is 0 Å². The zero-order valence-corrected chi connectivity index (χ0v) is 8.89. The van der Waals surface area contributed by atoms with E-state index in [4.69, 9.17) is 5.73 Å². The highest BCUT2D eigenvalue weighted by atomic mass is 32.2. The van der Waals surface area contributed by atoms with Crippen LogP contribution in [0.5, 0.6) is 0 Å². The van der Waals surface area contributed by atoms with Gasteiger partial charge in [0.1, 0.15) is 0 Å². The number of rotatable bonds is 6. The summed E-state index contributed by atoms with van der Waals surface area (Å²) in [4.78, 5) is 11.0. The van der Waals surface area contributed by atoms with Crippen LogP contribution in [0.4, 0.5) is 0 Å². The number of hydrogen-bond donors (Lipinski definition) is 2. The second-order valence-corrected chi connectivity index (χ2v) is 4.07. The molecule has 13 heavy (non-hydrogen) atoms. The summed E-state index contributed by atoms with van der Waals surface area (Å²) in [6.45, 7) is 2.08. The zero-order chi connectivity index (χ0) is 10.3. The van der Waals surface area contributed by atoms with Gasteiger partial charge >= 0.3 is 5.97 Å². The lowest BCUT2D eigenvalue weighted by molar-refractivity contribution is -0.158. The zero-order valence-electron chi connectivity index (χ0n) is 8.08. The molecule has 0 aliphatic carbocycles. The summed E-state index contributed by atoms with van der Waals surface area (Å²) in [5.41, 5.74) is 3.92. The van der Waals surface area contributed by atoms with Gasteiger partial charge in [-0.25, -0.2) is 4.79 Å². The molecule has 5 heteroatoms. The van der Waals surface area contributed by atoms with E-state index in [-0.39, 0.29) is 0 Å². The van der Waals surface area contributed by atoms with Crippen molar-refractivity contribution in [1.82, 2.24) is 0 Å². The molecule has 0 aliphatic heterocycles. The average Bonchev–Trinajstić information content (AvgIpc) is 2.11. The Morgan fingerprint density at radius 1 is 1.69 bits per heavy atom. The molecule has 0 radical (unpaired) electrons. The van der Waals surface area contributed by atoms with Crippen LogP contribution in [0.15, 0.2) is 0 Å². The maximum Gasteiger partial charge on any atom is 0.338 e. The fourth-order valence-corrected chi connectivity index (χ4v) is 1.77. The van der Waals surface area contributed by atoms with E-state index in [1.54, 1.807) is 0 Å². The van der Waals surface area contributed by atoms with Crippen LogP contribution in [0.25, 0.3) is 0 Å². The predicted molar refractivity (Wildman–Crippen MR) is 53.6 cm³/mol. The van der Waals surface area contributed by atoms with Crippen molar-refractivity contribution in [2.75, 3.05) is 25.2 Å². The lowest BCUT2D eigenvalue weighted by Gasteiger charge is -2.19. The van der Waals surface area contributed by atoms with Gasteiger partial charge in [0.15, 0.2) is 5.60 Å². The van der Waals surface area contributed by atoms with Gasteiger partial charge in [-0.3, -0.25) is 0 Å². The Morgan fingerprint density at radius 2 is 2.31 bits per heavy atom. The first-order valence-corrected chi connectivity index (χ1v) is 5.28. The van der Waals surface area contributed by atoms with E-state index in [1.807, 2.05) is 0 Å². The third-order valence-corrected chi connectivity index (χ3v) is 2.84. The number of methoxy groups -OCH3 is 1. The molecule has 0 spiro atoms. The van der Waals surface area contributed by atoms with Crippen LogP contribution in [0.2, 0.25) is 0 Å². The molecule has 4 nitrogen and oxygen atoms in total. The maximum absolute atomic E-state index is 11.0. The van der Waals surface area contributed by atoms with Crippen molar-refractivity contribution < 1.29 is 14.6 Å². The molecular formula is C8H17NO3S. The summed E-state index contributed by atoms with van der Waals surface area (Å²) in [6, 6.07) is 0. The van der Waals surface area contributed by atoms with Crippen LogP contribution < -0.4 is 5.73 Å². The number of aliphatic hydroxyl groups is 1. The summed E-state index contributed by atoms with van der Waals surface area (Å²) in [5, 5.41) is 9.56. The van der Waals surface area contributed by atoms with Gasteiger partial charge in [0, 0.05) is 5.75 Å². The highest BCUT2D eigenvalue weighted by Gasteiger charge is 2.30.